The van der Waals surface area contributed by atoms with Crippen LogP contribution in [0, 0.1) is 0 Å². The van der Waals surface area contributed by atoms with E-state index in [1.165, 1.54) is 5.56 Å². The van der Waals surface area contributed by atoms with E-state index >= 15 is 0 Å². The van der Waals surface area contributed by atoms with Gasteiger partial charge in [-0.2, -0.15) is 0 Å². The molecule has 1 amide bonds. The van der Waals surface area contributed by atoms with Crippen LogP contribution in [0.1, 0.15) is 25.3 Å². The Balaban J connectivity index is 0.000000337. The number of anilines is 1. The van der Waals surface area contributed by atoms with Gasteiger partial charge in [0.2, 0.25) is 6.41 Å². The van der Waals surface area contributed by atoms with Crippen LogP contribution in [0.2, 0.25) is 10.0 Å². The van der Waals surface area contributed by atoms with Crippen molar-refractivity contribution in [3.05, 3.63) is 76.8 Å². The molecule has 3 nitrogen and oxygen atoms in total. The molecule has 0 aliphatic carbocycles. The largest absolute Gasteiger partial charge is 0.369 e. The van der Waals surface area contributed by atoms with Crippen molar-refractivity contribution >= 4 is 35.3 Å². The summed E-state index contributed by atoms with van der Waals surface area (Å²) < 4.78 is 0. The molecule has 0 aromatic heterocycles. The molecule has 0 saturated carbocycles. The van der Waals surface area contributed by atoms with E-state index in [9.17, 15) is 4.79 Å². The van der Waals surface area contributed by atoms with Gasteiger partial charge in [-0.15, -0.1) is 6.58 Å². The summed E-state index contributed by atoms with van der Waals surface area (Å²) >= 11 is 12.2. The Labute approximate surface area is 173 Å². The number of carbonyl (C=O) groups is 1. The summed E-state index contributed by atoms with van der Waals surface area (Å²) in [5.41, 5.74) is 2.25. The van der Waals surface area contributed by atoms with Crippen molar-refractivity contribution in [2.24, 2.45) is 0 Å². The molecule has 0 bridgehead atoms. The van der Waals surface area contributed by atoms with E-state index in [4.69, 9.17) is 23.2 Å². The first kappa shape index (κ1) is 23.1. The van der Waals surface area contributed by atoms with Gasteiger partial charge in [0.05, 0.1) is 15.7 Å². The number of benzene rings is 2. The molecule has 0 fully saturated rings. The van der Waals surface area contributed by atoms with E-state index in [1.54, 1.807) is 6.07 Å². The number of nitrogens with one attached hydrogen (secondary N) is 1. The lowest BCUT2D eigenvalue weighted by Crippen LogP contribution is -2.32. The van der Waals surface area contributed by atoms with Crippen LogP contribution in [0.25, 0.3) is 0 Å². The molecule has 146 valence electrons. The topological polar surface area (TPSA) is 32.3 Å². The monoisotopic (exact) mass is 406 g/mol. The first-order valence-electron chi connectivity index (χ1n) is 9.14. The number of nitrogens with zero attached hydrogens (tertiary/aromatic N) is 1. The number of halogens is 2. The first-order chi connectivity index (χ1) is 13.1. The molecule has 5 heteroatoms. The van der Waals surface area contributed by atoms with Crippen LogP contribution in [-0.4, -0.2) is 26.0 Å². The molecule has 0 aliphatic rings. The normalized spacial score (nSPS) is 9.74. The van der Waals surface area contributed by atoms with Gasteiger partial charge in [-0.25, -0.2) is 0 Å². The molecule has 1 N–H and O–H groups in total. The zero-order valence-electron chi connectivity index (χ0n) is 15.8. The van der Waals surface area contributed by atoms with Crippen LogP contribution in [0.4, 0.5) is 5.69 Å². The van der Waals surface area contributed by atoms with Crippen molar-refractivity contribution in [3.8, 4) is 0 Å². The van der Waals surface area contributed by atoms with Crippen molar-refractivity contribution in [3.63, 3.8) is 0 Å². The zero-order chi connectivity index (χ0) is 19.9. The number of carbonyl (C=O) groups excluding carboxylic acids is 1. The summed E-state index contributed by atoms with van der Waals surface area (Å²) in [4.78, 5) is 12.4. The predicted molar refractivity (Wildman–Crippen MR) is 118 cm³/mol. The predicted octanol–water partition coefficient (Wildman–Crippen LogP) is 5.76. The molecular weight excluding hydrogens is 379 g/mol. The molecule has 2 aromatic carbocycles. The summed E-state index contributed by atoms with van der Waals surface area (Å²) in [6.07, 6.45) is 5.77. The van der Waals surface area contributed by atoms with Crippen LogP contribution in [0.3, 0.4) is 0 Å². The first-order valence-corrected chi connectivity index (χ1v) is 9.90. The highest BCUT2D eigenvalue weighted by Gasteiger charge is 2.11. The van der Waals surface area contributed by atoms with E-state index in [-0.39, 0.29) is 0 Å². The molecule has 0 heterocycles. The summed E-state index contributed by atoms with van der Waals surface area (Å²) in [6, 6.07) is 15.9. The number of amides is 1. The average molecular weight is 407 g/mol. The maximum absolute atomic E-state index is 10.3. The van der Waals surface area contributed by atoms with E-state index in [0.717, 1.165) is 38.0 Å². The van der Waals surface area contributed by atoms with Gasteiger partial charge in [0.1, 0.15) is 0 Å². The third-order valence-electron chi connectivity index (χ3n) is 3.89. The van der Waals surface area contributed by atoms with E-state index < -0.39 is 0 Å². The zero-order valence-corrected chi connectivity index (χ0v) is 17.3. The summed E-state index contributed by atoms with van der Waals surface area (Å²) in [5, 5.41) is 3.79. The molecule has 0 unspecified atom stereocenters. The number of rotatable bonds is 10. The van der Waals surface area contributed by atoms with Gasteiger partial charge < -0.3 is 10.2 Å². The minimum atomic E-state index is 0.555. The minimum Gasteiger partial charge on any atom is -0.369 e. The van der Waals surface area contributed by atoms with Gasteiger partial charge in [0.25, 0.3) is 0 Å². The van der Waals surface area contributed by atoms with Gasteiger partial charge in [-0.3, -0.25) is 4.79 Å². The van der Waals surface area contributed by atoms with Crippen LogP contribution in [0.5, 0.6) is 0 Å². The second-order valence-corrected chi connectivity index (χ2v) is 6.75. The minimum absolute atomic E-state index is 0.555. The lowest BCUT2D eigenvalue weighted by Gasteiger charge is -2.26. The molecule has 0 aliphatic heterocycles. The quantitative estimate of drug-likeness (QED) is 0.309. The Morgan fingerprint density at radius 2 is 1.81 bits per heavy atom. The number of hydrogen-bond donors (Lipinski definition) is 1. The number of unbranched alkanes of at least 4 members (excludes halogenated alkanes) is 1. The van der Waals surface area contributed by atoms with Crippen LogP contribution in [0.15, 0.2) is 61.2 Å². The number of hydrogen-bond acceptors (Lipinski definition) is 2. The van der Waals surface area contributed by atoms with Gasteiger partial charge in [0.15, 0.2) is 0 Å². The molecular formula is C22H28Cl2N2O. The SMILES string of the molecule is C=CCc1ccccc1.CCCCN(CCNC=O)c1cccc(Cl)c1Cl. The van der Waals surface area contributed by atoms with Gasteiger partial charge in [0, 0.05) is 19.6 Å². The van der Waals surface area contributed by atoms with Gasteiger partial charge in [-0.05, 0) is 30.5 Å². The Morgan fingerprint density at radius 3 is 2.44 bits per heavy atom. The van der Waals surface area contributed by atoms with Crippen molar-refractivity contribution in [2.45, 2.75) is 26.2 Å². The van der Waals surface area contributed by atoms with Crippen LogP contribution >= 0.6 is 23.2 Å². The van der Waals surface area contributed by atoms with Gasteiger partial charge >= 0.3 is 0 Å². The summed E-state index contributed by atoms with van der Waals surface area (Å²) in [7, 11) is 0. The van der Waals surface area contributed by atoms with Crippen LogP contribution < -0.4 is 10.2 Å². The Morgan fingerprint density at radius 1 is 1.07 bits per heavy atom. The lowest BCUT2D eigenvalue weighted by atomic mass is 10.2. The van der Waals surface area contributed by atoms with Crippen LogP contribution in [-0.2, 0) is 11.2 Å². The summed E-state index contributed by atoms with van der Waals surface area (Å²) in [5.74, 6) is 0. The Bertz CT molecular complexity index is 677. The molecule has 0 spiro atoms. The van der Waals surface area contributed by atoms with E-state index in [0.29, 0.717) is 23.0 Å². The molecule has 0 atom stereocenters. The fraction of sp³-hybridized carbons (Fsp3) is 0.318. The maximum Gasteiger partial charge on any atom is 0.207 e. The standard InChI is InChI=1S/C13H18Cl2N2O.C9H10/c1-2-3-8-17(9-7-16-10-18)12-6-4-5-11(14)13(12)15;1-2-6-9-7-4-3-5-8-9/h4-6,10H,2-3,7-9H2,1H3,(H,16,18);2-5,7-8H,1,6H2. The third kappa shape index (κ3) is 8.98. The molecule has 0 radical (unpaired) electrons. The smallest absolute Gasteiger partial charge is 0.207 e. The second kappa shape index (κ2) is 14.1. The second-order valence-electron chi connectivity index (χ2n) is 5.96. The molecule has 27 heavy (non-hydrogen) atoms. The Kier molecular flexibility index (Phi) is 12.1. The third-order valence-corrected chi connectivity index (χ3v) is 4.69. The van der Waals surface area contributed by atoms with Gasteiger partial charge in [-0.1, -0.05) is 79.0 Å². The fourth-order valence-electron chi connectivity index (χ4n) is 2.48. The summed E-state index contributed by atoms with van der Waals surface area (Å²) in [6.45, 7) is 8.01. The highest BCUT2D eigenvalue weighted by atomic mass is 35.5. The van der Waals surface area contributed by atoms with E-state index in [1.807, 2.05) is 36.4 Å². The Hall–Kier alpha value is -1.97. The molecule has 2 aromatic rings. The number of allylic oxidation sites excluding steroid dienone is 1. The average Bonchev–Trinajstić information content (AvgIpc) is 2.69. The molecule has 0 saturated heterocycles. The van der Waals surface area contributed by atoms with Crippen molar-refractivity contribution in [1.82, 2.24) is 5.32 Å². The maximum atomic E-state index is 10.3. The highest BCUT2D eigenvalue weighted by molar-refractivity contribution is 6.43. The van der Waals surface area contributed by atoms with E-state index in [2.05, 4.69) is 35.9 Å². The van der Waals surface area contributed by atoms with Crippen molar-refractivity contribution in [1.29, 1.82) is 0 Å². The fourth-order valence-corrected chi connectivity index (χ4v) is 2.89. The van der Waals surface area contributed by atoms with Crippen molar-refractivity contribution < 1.29 is 4.79 Å². The highest BCUT2D eigenvalue weighted by Crippen LogP contribution is 2.32. The van der Waals surface area contributed by atoms with Crippen molar-refractivity contribution in [2.75, 3.05) is 24.5 Å². The molecule has 2 rings (SSSR count). The lowest BCUT2D eigenvalue weighted by molar-refractivity contribution is -0.109.